The van der Waals surface area contributed by atoms with Gasteiger partial charge in [0.1, 0.15) is 11.6 Å². The molecule has 4 saturated carbocycles. The maximum absolute atomic E-state index is 14.0. The number of Topliss-reactive ketones (excluding diaryl/α,β-unsaturated/α-hetero) is 2. The average molecular weight is 509 g/mol. The Bertz CT molecular complexity index is 1100. The number of hydrogen-bond acceptors (Lipinski definition) is 6. The first-order valence-corrected chi connectivity index (χ1v) is 14.2. The van der Waals surface area contributed by atoms with Gasteiger partial charge < -0.3 is 14.2 Å². The van der Waals surface area contributed by atoms with E-state index < -0.39 is 11.2 Å². The molecule has 6 nitrogen and oxygen atoms in total. The van der Waals surface area contributed by atoms with Gasteiger partial charge in [-0.05, 0) is 72.8 Å². The van der Waals surface area contributed by atoms with Crippen molar-refractivity contribution in [3.8, 4) is 11.5 Å². The molecule has 1 aromatic carbocycles. The second kappa shape index (κ2) is 8.57. The van der Waals surface area contributed by atoms with Gasteiger partial charge in [0.15, 0.2) is 11.5 Å². The fourth-order valence-electron chi connectivity index (χ4n) is 9.42. The number of methoxy groups -OCH3 is 1. The summed E-state index contributed by atoms with van der Waals surface area (Å²) in [5, 5.41) is 0. The van der Waals surface area contributed by atoms with Crippen LogP contribution in [0.25, 0.3) is 0 Å². The van der Waals surface area contributed by atoms with Gasteiger partial charge in [-0.3, -0.25) is 14.4 Å². The monoisotopic (exact) mass is 508 g/mol. The Balaban J connectivity index is 1.23. The van der Waals surface area contributed by atoms with Gasteiger partial charge in [-0.25, -0.2) is 0 Å². The lowest BCUT2D eigenvalue weighted by atomic mass is 9.43. The molecule has 1 spiro atoms. The van der Waals surface area contributed by atoms with Crippen LogP contribution in [0.5, 0.6) is 11.5 Å². The zero-order chi connectivity index (χ0) is 26.2. The number of ether oxygens (including phenoxy) is 3. The van der Waals surface area contributed by atoms with Crippen LogP contribution >= 0.6 is 0 Å². The van der Waals surface area contributed by atoms with E-state index >= 15 is 0 Å². The predicted molar refractivity (Wildman–Crippen MR) is 137 cm³/mol. The lowest BCUT2D eigenvalue weighted by Gasteiger charge is -2.60. The number of fused-ring (bicyclic) bond motifs is 6. The fraction of sp³-hybridized carbons (Fsp3) is 0.710. The van der Waals surface area contributed by atoms with Gasteiger partial charge in [0.2, 0.25) is 0 Å². The molecule has 0 unspecified atom stereocenters. The van der Waals surface area contributed by atoms with E-state index in [1.807, 2.05) is 24.3 Å². The maximum atomic E-state index is 14.0. The predicted octanol–water partition coefficient (Wildman–Crippen LogP) is 5.76. The highest BCUT2D eigenvalue weighted by molar-refractivity contribution is 5.92. The topological polar surface area (TPSA) is 78.9 Å². The molecular weight excluding hydrogens is 468 g/mol. The van der Waals surface area contributed by atoms with Gasteiger partial charge in [0.05, 0.1) is 7.11 Å². The van der Waals surface area contributed by atoms with E-state index in [1.165, 1.54) is 7.11 Å². The van der Waals surface area contributed by atoms with Crippen molar-refractivity contribution in [2.24, 2.45) is 46.3 Å². The molecule has 0 aromatic heterocycles. The minimum Gasteiger partial charge on any atom is -0.469 e. The van der Waals surface area contributed by atoms with Gasteiger partial charge in [-0.2, -0.15) is 0 Å². The molecule has 8 atom stereocenters. The van der Waals surface area contributed by atoms with Gasteiger partial charge in [0, 0.05) is 43.4 Å². The van der Waals surface area contributed by atoms with Crippen molar-refractivity contribution in [1.29, 1.82) is 0 Å². The Morgan fingerprint density at radius 3 is 2.43 bits per heavy atom. The first kappa shape index (κ1) is 24.9. The van der Waals surface area contributed by atoms with Crippen LogP contribution in [-0.4, -0.2) is 30.4 Å². The summed E-state index contributed by atoms with van der Waals surface area (Å²) >= 11 is 0. The lowest BCUT2D eigenvalue weighted by Crippen LogP contribution is -2.62. The van der Waals surface area contributed by atoms with Crippen LogP contribution in [0.2, 0.25) is 0 Å². The van der Waals surface area contributed by atoms with Crippen LogP contribution in [0.15, 0.2) is 24.3 Å². The number of benzene rings is 1. The second-order valence-corrected chi connectivity index (χ2v) is 13.1. The van der Waals surface area contributed by atoms with Gasteiger partial charge in [-0.1, -0.05) is 32.9 Å². The third-order valence-corrected chi connectivity index (χ3v) is 11.6. The van der Waals surface area contributed by atoms with Crippen molar-refractivity contribution in [1.82, 2.24) is 0 Å². The van der Waals surface area contributed by atoms with Gasteiger partial charge >= 0.3 is 5.97 Å². The molecule has 200 valence electrons. The highest BCUT2D eigenvalue weighted by Crippen LogP contribution is 2.67. The quantitative estimate of drug-likeness (QED) is 0.481. The number of para-hydroxylation sites is 2. The molecule has 1 aromatic rings. The number of carbonyl (C=O) groups excluding carboxylic acids is 3. The highest BCUT2D eigenvalue weighted by atomic mass is 16.7. The summed E-state index contributed by atoms with van der Waals surface area (Å²) in [6, 6.07) is 7.81. The van der Waals surface area contributed by atoms with Crippen molar-refractivity contribution in [2.75, 3.05) is 7.11 Å². The van der Waals surface area contributed by atoms with Crippen LogP contribution in [0, 0.1) is 46.3 Å². The van der Waals surface area contributed by atoms with Crippen LogP contribution in [0.3, 0.4) is 0 Å². The van der Waals surface area contributed by atoms with Crippen LogP contribution in [-0.2, 0) is 19.1 Å². The molecule has 0 amide bonds. The van der Waals surface area contributed by atoms with Gasteiger partial charge in [0.25, 0.3) is 5.79 Å². The van der Waals surface area contributed by atoms with Crippen molar-refractivity contribution in [3.63, 3.8) is 0 Å². The maximum Gasteiger partial charge on any atom is 0.305 e. The molecule has 0 saturated heterocycles. The Morgan fingerprint density at radius 2 is 1.76 bits per heavy atom. The summed E-state index contributed by atoms with van der Waals surface area (Å²) < 4.78 is 17.6. The standard InChI is InChI=1S/C31H40O6/c1-18(9-12-27(34)35-4)20-10-11-21-28-22(16-26(33)30(20,21)3)29(2)13-14-31(17-19(29)15-23(28)32)36-24-7-5-6-8-25(24)37-31/h5-8,18-22,28H,9-17H2,1-4H3/t18-,19+,20-,21+,22+,28+,29+,30-/m1/s1. The molecule has 6 rings (SSSR count). The van der Waals surface area contributed by atoms with Crippen molar-refractivity contribution >= 4 is 17.5 Å². The number of rotatable bonds is 4. The third-order valence-electron chi connectivity index (χ3n) is 11.6. The molecule has 0 bridgehead atoms. The van der Waals surface area contributed by atoms with Crippen molar-refractivity contribution in [2.45, 2.75) is 84.3 Å². The second-order valence-electron chi connectivity index (χ2n) is 13.1. The molecule has 1 heterocycles. The first-order chi connectivity index (χ1) is 17.6. The summed E-state index contributed by atoms with van der Waals surface area (Å²) in [5.41, 5.74) is -0.554. The lowest BCUT2D eigenvalue weighted by molar-refractivity contribution is -0.192. The Morgan fingerprint density at radius 1 is 1.05 bits per heavy atom. The SMILES string of the molecule is COC(=O)CC[C@@H](C)[C@H]1CC[C@H]2[C@@H]3C(=O)C[C@H]4CC5(CC[C@]4(C)[C@H]3CC(=O)[C@]12C)Oc1ccccc1O5. The minimum atomic E-state index is -0.693. The Hall–Kier alpha value is -2.37. The van der Waals surface area contributed by atoms with E-state index in [0.717, 1.165) is 43.6 Å². The zero-order valence-corrected chi connectivity index (χ0v) is 22.6. The van der Waals surface area contributed by atoms with E-state index in [9.17, 15) is 14.4 Å². The molecular formula is C31H40O6. The fourth-order valence-corrected chi connectivity index (χ4v) is 9.42. The van der Waals surface area contributed by atoms with Crippen LogP contribution < -0.4 is 9.47 Å². The number of ketones is 2. The van der Waals surface area contributed by atoms with Gasteiger partial charge in [-0.15, -0.1) is 0 Å². The molecule has 5 aliphatic rings. The van der Waals surface area contributed by atoms with Crippen LogP contribution in [0.4, 0.5) is 0 Å². The highest BCUT2D eigenvalue weighted by Gasteiger charge is 2.67. The summed E-state index contributed by atoms with van der Waals surface area (Å²) in [4.78, 5) is 39.7. The van der Waals surface area contributed by atoms with E-state index in [4.69, 9.17) is 14.2 Å². The normalized spacial score (nSPS) is 40.1. The molecule has 6 heteroatoms. The Labute approximate surface area is 219 Å². The summed E-state index contributed by atoms with van der Waals surface area (Å²) in [6.07, 6.45) is 6.38. The van der Waals surface area contributed by atoms with E-state index in [0.29, 0.717) is 37.2 Å². The van der Waals surface area contributed by atoms with Crippen molar-refractivity contribution < 1.29 is 28.6 Å². The number of hydrogen-bond donors (Lipinski definition) is 0. The molecule has 4 aliphatic carbocycles. The third kappa shape index (κ3) is 3.60. The van der Waals surface area contributed by atoms with E-state index in [1.54, 1.807) is 0 Å². The zero-order valence-electron chi connectivity index (χ0n) is 22.6. The smallest absolute Gasteiger partial charge is 0.305 e. The summed E-state index contributed by atoms with van der Waals surface area (Å²) in [5.74, 6) is 2.11. The van der Waals surface area contributed by atoms with Crippen LogP contribution in [0.1, 0.15) is 78.6 Å². The molecule has 37 heavy (non-hydrogen) atoms. The van der Waals surface area contributed by atoms with E-state index in [-0.39, 0.29) is 46.9 Å². The first-order valence-electron chi connectivity index (χ1n) is 14.2. The largest absolute Gasteiger partial charge is 0.469 e. The van der Waals surface area contributed by atoms with E-state index in [2.05, 4.69) is 20.8 Å². The molecule has 0 radical (unpaired) electrons. The summed E-state index contributed by atoms with van der Waals surface area (Å²) in [7, 11) is 1.42. The number of carbonyl (C=O) groups is 3. The molecule has 1 aliphatic heterocycles. The number of esters is 1. The molecule has 0 N–H and O–H groups in total. The summed E-state index contributed by atoms with van der Waals surface area (Å²) in [6.45, 7) is 6.64. The van der Waals surface area contributed by atoms with Crippen molar-refractivity contribution in [3.05, 3.63) is 24.3 Å². The average Bonchev–Trinajstić information content (AvgIpc) is 3.42. The molecule has 4 fully saturated rings. The Kier molecular flexibility index (Phi) is 5.78. The minimum absolute atomic E-state index is 0.0431.